The van der Waals surface area contributed by atoms with Crippen molar-refractivity contribution in [2.75, 3.05) is 0 Å². The van der Waals surface area contributed by atoms with Gasteiger partial charge in [-0.05, 0) is 84.4 Å². The van der Waals surface area contributed by atoms with Crippen molar-refractivity contribution in [3.8, 4) is 50.5 Å². The van der Waals surface area contributed by atoms with Crippen molar-refractivity contribution < 1.29 is 8.42 Å². The summed E-state index contributed by atoms with van der Waals surface area (Å²) in [6, 6.07) is 61.8. The third kappa shape index (κ3) is 4.36. The Morgan fingerprint density at radius 1 is 0.444 bits per heavy atom. The Hall–Kier alpha value is -6.82. The summed E-state index contributed by atoms with van der Waals surface area (Å²) < 4.78 is 31.8. The number of hydrogen-bond donors (Lipinski definition) is 0. The van der Waals surface area contributed by atoms with Gasteiger partial charge in [0.25, 0.3) is 0 Å². The third-order valence-electron chi connectivity index (χ3n) is 10.9. The van der Waals surface area contributed by atoms with Crippen LogP contribution in [0.25, 0.3) is 93.8 Å². The molecule has 1 aliphatic heterocycles. The molecule has 0 fully saturated rings. The molecule has 10 aromatic rings. The smallest absolute Gasteiger partial charge is 0.211 e. The molecular weight excluding hydrogens is 681 g/mol. The van der Waals surface area contributed by atoms with Gasteiger partial charge in [-0.15, -0.1) is 0 Å². The Morgan fingerprint density at radius 3 is 1.85 bits per heavy atom. The fourth-order valence-electron chi connectivity index (χ4n) is 8.64. The Morgan fingerprint density at radius 2 is 1.06 bits per heavy atom. The lowest BCUT2D eigenvalue weighted by Gasteiger charge is -2.24. The maximum atomic E-state index is 14.9. The molecule has 0 saturated carbocycles. The number of benzene rings is 9. The van der Waals surface area contributed by atoms with Gasteiger partial charge in [0.1, 0.15) is 10.7 Å². The normalized spacial score (nSPS) is 13.1. The van der Waals surface area contributed by atoms with Gasteiger partial charge in [-0.3, -0.25) is 4.57 Å². The van der Waals surface area contributed by atoms with Crippen LogP contribution >= 0.6 is 0 Å². The fraction of sp³-hybridized carbons (Fsp3) is 0. The molecule has 254 valence electrons. The Labute approximate surface area is 312 Å². The maximum Gasteiger partial charge on any atom is 0.211 e. The minimum atomic E-state index is -3.95. The van der Waals surface area contributed by atoms with Gasteiger partial charge in [0.05, 0.1) is 21.6 Å². The van der Waals surface area contributed by atoms with Gasteiger partial charge in [-0.1, -0.05) is 158 Å². The molecular formula is C49H30N2O2S. The van der Waals surface area contributed by atoms with Crippen LogP contribution in [0.1, 0.15) is 0 Å². The lowest BCUT2D eigenvalue weighted by atomic mass is 9.83. The van der Waals surface area contributed by atoms with Gasteiger partial charge in [0.2, 0.25) is 9.84 Å². The molecule has 0 saturated heterocycles. The van der Waals surface area contributed by atoms with Gasteiger partial charge in [0, 0.05) is 11.1 Å². The predicted molar refractivity (Wildman–Crippen MR) is 221 cm³/mol. The Bertz CT molecular complexity index is 3270. The molecule has 0 amide bonds. The van der Waals surface area contributed by atoms with Gasteiger partial charge in [0.15, 0.2) is 0 Å². The van der Waals surface area contributed by atoms with Gasteiger partial charge in [-0.2, -0.15) is 0 Å². The molecule has 11 rings (SSSR count). The number of hydrogen-bond acceptors (Lipinski definition) is 3. The van der Waals surface area contributed by atoms with Crippen LogP contribution in [-0.4, -0.2) is 18.0 Å². The van der Waals surface area contributed by atoms with Crippen LogP contribution in [0.2, 0.25) is 0 Å². The van der Waals surface area contributed by atoms with Gasteiger partial charge in [-0.25, -0.2) is 13.4 Å². The Balaban J connectivity index is 1.26. The fourth-order valence-corrected chi connectivity index (χ4v) is 10.5. The summed E-state index contributed by atoms with van der Waals surface area (Å²) in [6.07, 6.45) is 0. The van der Waals surface area contributed by atoms with E-state index in [1.807, 2.05) is 65.2 Å². The zero-order valence-corrected chi connectivity index (χ0v) is 29.8. The third-order valence-corrected chi connectivity index (χ3v) is 12.8. The number of fused-ring (bicyclic) bond motifs is 5. The first kappa shape index (κ1) is 30.8. The topological polar surface area (TPSA) is 52.0 Å². The SMILES string of the molecule is O=S1(=O)c2c(-c3ccc4c(-c5ccccc5)c5ccccc5c(-c5cccc6ccccc56)c4c3)cccc2-n2c(-c3ccccc3)nc3cccc1c32. The molecule has 5 heteroatoms. The standard InChI is InChI=1S/C49H30N2O2S/c52-54(53)44-27-13-25-42-47(44)51(49(50-42)33-17-5-2-6-18-33)43-26-12-23-36(48(43)54)34-28-29-40-41(30-34)46(37-24-11-19-31-14-7-8-20-35(31)37)39-22-10-9-21-38(39)45(40)32-15-3-1-4-16-32/h1-30H. The van der Waals surface area contributed by atoms with E-state index < -0.39 is 9.84 Å². The zero-order valence-electron chi connectivity index (χ0n) is 28.9. The first-order valence-corrected chi connectivity index (χ1v) is 19.5. The number of para-hydroxylation sites is 1. The highest BCUT2D eigenvalue weighted by atomic mass is 32.2. The molecule has 0 bridgehead atoms. The highest BCUT2D eigenvalue weighted by Crippen LogP contribution is 2.49. The van der Waals surface area contributed by atoms with Crippen LogP contribution < -0.4 is 0 Å². The Kier molecular flexibility index (Phi) is 6.61. The number of imidazole rings is 1. The minimum Gasteiger partial charge on any atom is -0.290 e. The van der Waals surface area contributed by atoms with Crippen molar-refractivity contribution in [2.24, 2.45) is 0 Å². The summed E-state index contributed by atoms with van der Waals surface area (Å²) >= 11 is 0. The minimum absolute atomic E-state index is 0.268. The van der Waals surface area contributed by atoms with Crippen LogP contribution in [0.4, 0.5) is 0 Å². The van der Waals surface area contributed by atoms with E-state index in [1.165, 1.54) is 10.8 Å². The summed E-state index contributed by atoms with van der Waals surface area (Å²) in [6.45, 7) is 0. The quantitative estimate of drug-likeness (QED) is 0.171. The average molecular weight is 711 g/mol. The number of sulfone groups is 1. The van der Waals surface area contributed by atoms with Crippen molar-refractivity contribution in [2.45, 2.75) is 9.79 Å². The maximum absolute atomic E-state index is 14.9. The van der Waals surface area contributed by atoms with Crippen molar-refractivity contribution >= 4 is 53.2 Å². The largest absolute Gasteiger partial charge is 0.290 e. The zero-order chi connectivity index (χ0) is 36.0. The lowest BCUT2D eigenvalue weighted by Crippen LogP contribution is -2.16. The molecule has 0 unspecified atom stereocenters. The van der Waals surface area contributed by atoms with Crippen molar-refractivity contribution in [1.29, 1.82) is 0 Å². The predicted octanol–water partition coefficient (Wildman–Crippen LogP) is 12.3. The van der Waals surface area contributed by atoms with E-state index in [0.717, 1.165) is 54.9 Å². The van der Waals surface area contributed by atoms with E-state index in [1.54, 1.807) is 12.1 Å². The van der Waals surface area contributed by atoms with Gasteiger partial charge >= 0.3 is 0 Å². The first-order valence-electron chi connectivity index (χ1n) is 18.1. The number of nitrogens with zero attached hydrogens (tertiary/aromatic N) is 2. The lowest BCUT2D eigenvalue weighted by molar-refractivity contribution is 0.595. The van der Waals surface area contributed by atoms with Crippen molar-refractivity contribution in [3.63, 3.8) is 0 Å². The van der Waals surface area contributed by atoms with Crippen molar-refractivity contribution in [1.82, 2.24) is 9.55 Å². The van der Waals surface area contributed by atoms with Crippen LogP contribution in [0.15, 0.2) is 192 Å². The summed E-state index contributed by atoms with van der Waals surface area (Å²) in [7, 11) is -3.95. The van der Waals surface area contributed by atoms with E-state index >= 15 is 0 Å². The number of aromatic nitrogens is 2. The highest BCUT2D eigenvalue weighted by Gasteiger charge is 2.36. The molecule has 9 aromatic carbocycles. The highest BCUT2D eigenvalue weighted by molar-refractivity contribution is 7.92. The van der Waals surface area contributed by atoms with Crippen LogP contribution in [0.3, 0.4) is 0 Å². The molecule has 2 heterocycles. The molecule has 4 nitrogen and oxygen atoms in total. The molecule has 0 aliphatic carbocycles. The second-order valence-corrected chi connectivity index (χ2v) is 15.7. The summed E-state index contributed by atoms with van der Waals surface area (Å²) in [4.78, 5) is 5.55. The van der Waals surface area contributed by atoms with Crippen LogP contribution in [0, 0.1) is 0 Å². The second-order valence-electron chi connectivity index (χ2n) is 13.9. The molecule has 0 spiro atoms. The molecule has 0 atom stereocenters. The monoisotopic (exact) mass is 710 g/mol. The van der Waals surface area contributed by atoms with Crippen LogP contribution in [0.5, 0.6) is 0 Å². The van der Waals surface area contributed by atoms with Gasteiger partial charge < -0.3 is 0 Å². The molecule has 1 aliphatic rings. The van der Waals surface area contributed by atoms with Crippen molar-refractivity contribution in [3.05, 3.63) is 182 Å². The molecule has 1 aromatic heterocycles. The molecule has 54 heavy (non-hydrogen) atoms. The average Bonchev–Trinajstić information content (AvgIpc) is 3.62. The molecule has 0 N–H and O–H groups in total. The van der Waals surface area contributed by atoms with Crippen LogP contribution in [-0.2, 0) is 9.84 Å². The summed E-state index contributed by atoms with van der Waals surface area (Å²) in [5.41, 5.74) is 8.81. The van der Waals surface area contributed by atoms with E-state index in [2.05, 4.69) is 109 Å². The first-order chi connectivity index (χ1) is 26.6. The van der Waals surface area contributed by atoms with E-state index in [0.29, 0.717) is 28.1 Å². The summed E-state index contributed by atoms with van der Waals surface area (Å²) in [5.74, 6) is 0.710. The second kappa shape index (κ2) is 11.6. The number of rotatable bonds is 4. The van der Waals surface area contributed by atoms with E-state index in [9.17, 15) is 8.42 Å². The summed E-state index contributed by atoms with van der Waals surface area (Å²) in [5, 5.41) is 6.80. The van der Waals surface area contributed by atoms with E-state index in [-0.39, 0.29) is 9.79 Å². The van der Waals surface area contributed by atoms with E-state index in [4.69, 9.17) is 4.98 Å². The molecule has 0 radical (unpaired) electrons.